The molecule has 0 saturated heterocycles. The number of aromatic amines is 1. The summed E-state index contributed by atoms with van der Waals surface area (Å²) in [5.41, 5.74) is 11.5. The van der Waals surface area contributed by atoms with Crippen molar-refractivity contribution in [2.45, 2.75) is 40.2 Å². The van der Waals surface area contributed by atoms with Crippen LogP contribution in [-0.4, -0.2) is 10.2 Å². The van der Waals surface area contributed by atoms with E-state index < -0.39 is 0 Å². The van der Waals surface area contributed by atoms with Crippen molar-refractivity contribution in [3.63, 3.8) is 0 Å². The molecule has 82 valence electrons. The molecule has 1 aromatic rings. The van der Waals surface area contributed by atoms with Crippen molar-refractivity contribution in [1.82, 2.24) is 10.2 Å². The van der Waals surface area contributed by atoms with Gasteiger partial charge in [0.15, 0.2) is 0 Å². The number of hydrogen-bond acceptors (Lipinski definition) is 2. The topological polar surface area (TPSA) is 77.4 Å². The van der Waals surface area contributed by atoms with Gasteiger partial charge in [0.2, 0.25) is 0 Å². The zero-order valence-electron chi connectivity index (χ0n) is 9.49. The van der Waals surface area contributed by atoms with Gasteiger partial charge in [-0.1, -0.05) is 25.9 Å². The largest absolute Gasteiger partial charge is 0.282 e. The van der Waals surface area contributed by atoms with Crippen LogP contribution in [0.4, 0.5) is 0 Å². The first-order chi connectivity index (χ1) is 7.19. The summed E-state index contributed by atoms with van der Waals surface area (Å²) in [6, 6.07) is 0. The summed E-state index contributed by atoms with van der Waals surface area (Å²) >= 11 is 0. The first-order valence-electron chi connectivity index (χ1n) is 5.24. The standard InChI is InChI=1S/C10H17N5/c1-4-9-8(6-12-15-11)10(14-13-9)5-7(2)3/h7H,4-6H2,1-3H3,(H,13,14). The van der Waals surface area contributed by atoms with E-state index in [0.29, 0.717) is 12.5 Å². The Balaban J connectivity index is 2.94. The van der Waals surface area contributed by atoms with Crippen LogP contribution in [0.2, 0.25) is 0 Å². The minimum absolute atomic E-state index is 0.401. The third-order valence-corrected chi connectivity index (χ3v) is 2.28. The van der Waals surface area contributed by atoms with Gasteiger partial charge in [0.1, 0.15) is 0 Å². The van der Waals surface area contributed by atoms with Crippen molar-refractivity contribution >= 4 is 0 Å². The molecule has 1 heterocycles. The van der Waals surface area contributed by atoms with Gasteiger partial charge in [-0.3, -0.25) is 5.10 Å². The Kier molecular flexibility index (Phi) is 4.18. The van der Waals surface area contributed by atoms with Crippen molar-refractivity contribution in [1.29, 1.82) is 0 Å². The monoisotopic (exact) mass is 207 g/mol. The van der Waals surface area contributed by atoms with E-state index in [1.807, 2.05) is 0 Å². The van der Waals surface area contributed by atoms with Gasteiger partial charge in [0.25, 0.3) is 0 Å². The van der Waals surface area contributed by atoms with Gasteiger partial charge in [0.05, 0.1) is 12.2 Å². The number of H-pyrrole nitrogens is 1. The molecule has 0 bridgehead atoms. The molecule has 0 saturated carbocycles. The van der Waals surface area contributed by atoms with E-state index in [0.717, 1.165) is 29.8 Å². The molecule has 0 aromatic carbocycles. The number of rotatable bonds is 5. The quantitative estimate of drug-likeness (QED) is 0.449. The van der Waals surface area contributed by atoms with Crippen LogP contribution in [-0.2, 0) is 19.4 Å². The predicted octanol–water partition coefficient (Wildman–Crippen LogP) is 2.98. The van der Waals surface area contributed by atoms with E-state index in [4.69, 9.17) is 5.53 Å². The van der Waals surface area contributed by atoms with Crippen LogP contribution in [0.15, 0.2) is 5.11 Å². The van der Waals surface area contributed by atoms with Gasteiger partial charge in [-0.05, 0) is 24.3 Å². The first-order valence-corrected chi connectivity index (χ1v) is 5.24. The Hall–Kier alpha value is -1.48. The number of aromatic nitrogens is 2. The first kappa shape index (κ1) is 11.6. The molecular weight excluding hydrogens is 190 g/mol. The molecule has 0 spiro atoms. The molecule has 0 amide bonds. The zero-order chi connectivity index (χ0) is 11.3. The van der Waals surface area contributed by atoms with Crippen LogP contribution in [0.3, 0.4) is 0 Å². The van der Waals surface area contributed by atoms with Crippen molar-refractivity contribution in [2.75, 3.05) is 0 Å². The summed E-state index contributed by atoms with van der Waals surface area (Å²) in [6.45, 7) is 6.76. The molecule has 1 N–H and O–H groups in total. The molecule has 1 aromatic heterocycles. The molecule has 5 heteroatoms. The maximum Gasteiger partial charge on any atom is 0.0655 e. The van der Waals surface area contributed by atoms with E-state index in [9.17, 15) is 0 Å². The van der Waals surface area contributed by atoms with E-state index in [-0.39, 0.29) is 0 Å². The Bertz CT molecular complexity index is 360. The van der Waals surface area contributed by atoms with Crippen LogP contribution < -0.4 is 0 Å². The van der Waals surface area contributed by atoms with E-state index in [1.165, 1.54) is 0 Å². The molecule has 0 aliphatic carbocycles. The third kappa shape index (κ3) is 2.99. The van der Waals surface area contributed by atoms with Crippen LogP contribution in [0.1, 0.15) is 37.7 Å². The highest BCUT2D eigenvalue weighted by atomic mass is 15.2. The Labute approximate surface area is 89.5 Å². The van der Waals surface area contributed by atoms with Crippen LogP contribution in [0.25, 0.3) is 10.4 Å². The number of nitrogens with zero attached hydrogens (tertiary/aromatic N) is 4. The number of hydrogen-bond donors (Lipinski definition) is 1. The maximum atomic E-state index is 8.33. The van der Waals surface area contributed by atoms with E-state index in [2.05, 4.69) is 41.0 Å². The highest BCUT2D eigenvalue weighted by molar-refractivity contribution is 5.25. The molecule has 15 heavy (non-hydrogen) atoms. The summed E-state index contributed by atoms with van der Waals surface area (Å²) in [6.07, 6.45) is 1.81. The Morgan fingerprint density at radius 1 is 1.53 bits per heavy atom. The van der Waals surface area contributed by atoms with E-state index >= 15 is 0 Å². The zero-order valence-corrected chi connectivity index (χ0v) is 9.49. The smallest absolute Gasteiger partial charge is 0.0655 e. The fourth-order valence-corrected chi connectivity index (χ4v) is 1.60. The summed E-state index contributed by atoms with van der Waals surface area (Å²) < 4.78 is 0. The number of aryl methyl sites for hydroxylation is 1. The molecule has 1 rings (SSSR count). The summed E-state index contributed by atoms with van der Waals surface area (Å²) in [7, 11) is 0. The lowest BCUT2D eigenvalue weighted by Gasteiger charge is -2.04. The molecule has 0 fully saturated rings. The lowest BCUT2D eigenvalue weighted by Crippen LogP contribution is -1.98. The minimum Gasteiger partial charge on any atom is -0.282 e. The Morgan fingerprint density at radius 3 is 2.80 bits per heavy atom. The second kappa shape index (κ2) is 5.41. The number of azide groups is 1. The molecule has 0 aliphatic heterocycles. The molecule has 0 radical (unpaired) electrons. The predicted molar refractivity (Wildman–Crippen MR) is 59.4 cm³/mol. The minimum atomic E-state index is 0.401. The van der Waals surface area contributed by atoms with Crippen molar-refractivity contribution in [3.05, 3.63) is 27.4 Å². The lowest BCUT2D eigenvalue weighted by atomic mass is 10.0. The fraction of sp³-hybridized carbons (Fsp3) is 0.700. The Morgan fingerprint density at radius 2 is 2.27 bits per heavy atom. The second-order valence-electron chi connectivity index (χ2n) is 3.97. The van der Waals surface area contributed by atoms with E-state index in [1.54, 1.807) is 0 Å². The molecule has 0 unspecified atom stereocenters. The van der Waals surface area contributed by atoms with Crippen molar-refractivity contribution in [3.8, 4) is 0 Å². The van der Waals surface area contributed by atoms with Gasteiger partial charge in [0, 0.05) is 16.2 Å². The molecule has 0 atom stereocenters. The molecule has 0 aliphatic rings. The second-order valence-corrected chi connectivity index (χ2v) is 3.97. The highest BCUT2D eigenvalue weighted by Crippen LogP contribution is 2.17. The van der Waals surface area contributed by atoms with Gasteiger partial charge < -0.3 is 0 Å². The number of nitrogens with one attached hydrogen (secondary N) is 1. The van der Waals surface area contributed by atoms with Crippen LogP contribution in [0.5, 0.6) is 0 Å². The average Bonchev–Trinajstić information content (AvgIpc) is 2.56. The summed E-state index contributed by atoms with van der Waals surface area (Å²) in [5, 5.41) is 10.9. The normalized spacial score (nSPS) is 10.4. The van der Waals surface area contributed by atoms with Crippen molar-refractivity contribution < 1.29 is 0 Å². The van der Waals surface area contributed by atoms with Gasteiger partial charge in [-0.15, -0.1) is 0 Å². The molecular formula is C10H17N5. The van der Waals surface area contributed by atoms with Crippen LogP contribution in [0, 0.1) is 5.92 Å². The SMILES string of the molecule is CCc1n[nH]c(CC(C)C)c1CN=[N+]=[N-]. The van der Waals surface area contributed by atoms with Gasteiger partial charge in [-0.2, -0.15) is 5.10 Å². The highest BCUT2D eigenvalue weighted by Gasteiger charge is 2.11. The lowest BCUT2D eigenvalue weighted by molar-refractivity contribution is 0.629. The average molecular weight is 207 g/mol. The van der Waals surface area contributed by atoms with Crippen LogP contribution >= 0.6 is 0 Å². The van der Waals surface area contributed by atoms with Gasteiger partial charge in [-0.25, -0.2) is 0 Å². The fourth-order valence-electron chi connectivity index (χ4n) is 1.60. The maximum absolute atomic E-state index is 8.33. The van der Waals surface area contributed by atoms with Gasteiger partial charge >= 0.3 is 0 Å². The van der Waals surface area contributed by atoms with Crippen molar-refractivity contribution in [2.24, 2.45) is 11.0 Å². The summed E-state index contributed by atoms with van der Waals surface area (Å²) in [4.78, 5) is 2.79. The molecule has 5 nitrogen and oxygen atoms in total. The third-order valence-electron chi connectivity index (χ3n) is 2.28. The summed E-state index contributed by atoms with van der Waals surface area (Å²) in [5.74, 6) is 0.569.